The van der Waals surface area contributed by atoms with Crippen LogP contribution < -0.4 is 4.72 Å². The van der Waals surface area contributed by atoms with Crippen LogP contribution in [0.1, 0.15) is 18.1 Å². The zero-order chi connectivity index (χ0) is 23.9. The van der Waals surface area contributed by atoms with Gasteiger partial charge in [-0.15, -0.1) is 0 Å². The van der Waals surface area contributed by atoms with Crippen molar-refractivity contribution >= 4 is 21.9 Å². The van der Waals surface area contributed by atoms with Gasteiger partial charge < -0.3 is 9.64 Å². The average Bonchev–Trinajstić information content (AvgIpc) is 2.71. The van der Waals surface area contributed by atoms with Crippen molar-refractivity contribution in [3.63, 3.8) is 0 Å². The van der Waals surface area contributed by atoms with Gasteiger partial charge in [0.05, 0.1) is 4.90 Å². The molecule has 0 saturated heterocycles. The van der Waals surface area contributed by atoms with Crippen molar-refractivity contribution in [1.82, 2.24) is 9.62 Å². The molecular weight excluding hydrogens is 449 g/mol. The molecule has 0 heterocycles. The Morgan fingerprint density at radius 1 is 1.06 bits per heavy atom. The smallest absolute Gasteiger partial charge is 0.406 e. The van der Waals surface area contributed by atoms with E-state index in [-0.39, 0.29) is 11.4 Å². The van der Waals surface area contributed by atoms with Gasteiger partial charge in [0.2, 0.25) is 10.0 Å². The number of esters is 1. The molecule has 0 spiro atoms. The number of rotatable bonds is 9. The summed E-state index contributed by atoms with van der Waals surface area (Å²) in [6, 6.07) is 12.6. The zero-order valence-electron chi connectivity index (χ0n) is 17.4. The number of halogens is 3. The highest BCUT2D eigenvalue weighted by molar-refractivity contribution is 7.89. The van der Waals surface area contributed by atoms with Crippen LogP contribution in [-0.2, 0) is 30.9 Å². The van der Waals surface area contributed by atoms with Crippen LogP contribution in [-0.4, -0.2) is 50.6 Å². The van der Waals surface area contributed by atoms with Crippen LogP contribution in [0.4, 0.5) is 13.2 Å². The predicted molar refractivity (Wildman–Crippen MR) is 110 cm³/mol. The maximum atomic E-state index is 12.9. The molecule has 2 aromatic carbocycles. The quantitative estimate of drug-likeness (QED) is 0.567. The van der Waals surface area contributed by atoms with Crippen molar-refractivity contribution in [3.05, 3.63) is 65.7 Å². The SMILES string of the molecule is Cc1ccc(S(=O)(=O)N[C@@H](C)C(=O)OCC(=O)N(Cc2ccccc2)CC(F)(F)F)cc1. The van der Waals surface area contributed by atoms with E-state index in [0.717, 1.165) is 5.56 Å². The van der Waals surface area contributed by atoms with Crippen LogP contribution in [0, 0.1) is 6.92 Å². The molecule has 1 atom stereocenters. The van der Waals surface area contributed by atoms with Crippen LogP contribution in [0.3, 0.4) is 0 Å². The Bertz CT molecular complexity index is 1030. The van der Waals surface area contributed by atoms with Crippen LogP contribution in [0.2, 0.25) is 0 Å². The van der Waals surface area contributed by atoms with Gasteiger partial charge in [-0.25, -0.2) is 8.42 Å². The number of sulfonamides is 1. The second-order valence-electron chi connectivity index (χ2n) is 7.11. The standard InChI is InChI=1S/C21H23F3N2O5S/c1-15-8-10-18(11-9-15)32(29,30)25-16(2)20(28)31-13-19(27)26(14-21(22,23)24)12-17-6-4-3-5-7-17/h3-11,16,25H,12-14H2,1-2H3/t16-/m0/s1. The summed E-state index contributed by atoms with van der Waals surface area (Å²) < 4.78 is 70.3. The molecule has 174 valence electrons. The van der Waals surface area contributed by atoms with E-state index in [2.05, 4.69) is 4.72 Å². The van der Waals surface area contributed by atoms with Gasteiger partial charge in [-0.2, -0.15) is 17.9 Å². The van der Waals surface area contributed by atoms with E-state index >= 15 is 0 Å². The number of hydrogen-bond donors (Lipinski definition) is 1. The third-order valence-electron chi connectivity index (χ3n) is 4.29. The Kier molecular flexibility index (Phi) is 8.39. The van der Waals surface area contributed by atoms with Gasteiger partial charge in [0.1, 0.15) is 12.6 Å². The van der Waals surface area contributed by atoms with E-state index in [4.69, 9.17) is 4.74 Å². The van der Waals surface area contributed by atoms with Crippen LogP contribution in [0.25, 0.3) is 0 Å². The summed E-state index contributed by atoms with van der Waals surface area (Å²) in [4.78, 5) is 24.9. The largest absolute Gasteiger partial charge is 0.454 e. The summed E-state index contributed by atoms with van der Waals surface area (Å²) in [7, 11) is -4.04. The molecule has 0 aliphatic carbocycles. The average molecular weight is 472 g/mol. The minimum atomic E-state index is -4.65. The predicted octanol–water partition coefficient (Wildman–Crippen LogP) is 2.80. The zero-order valence-corrected chi connectivity index (χ0v) is 18.2. The molecule has 7 nitrogen and oxygen atoms in total. The number of benzene rings is 2. The highest BCUT2D eigenvalue weighted by atomic mass is 32.2. The van der Waals surface area contributed by atoms with Gasteiger partial charge in [-0.05, 0) is 31.5 Å². The molecule has 1 amide bonds. The summed E-state index contributed by atoms with van der Waals surface area (Å²) in [5.41, 5.74) is 1.31. The van der Waals surface area contributed by atoms with Gasteiger partial charge in [-0.3, -0.25) is 9.59 Å². The normalized spacial score (nSPS) is 12.8. The number of hydrogen-bond acceptors (Lipinski definition) is 5. The summed E-state index contributed by atoms with van der Waals surface area (Å²) in [5.74, 6) is -2.16. The lowest BCUT2D eigenvalue weighted by Gasteiger charge is -2.24. The van der Waals surface area contributed by atoms with Gasteiger partial charge in [0.25, 0.3) is 5.91 Å². The van der Waals surface area contributed by atoms with Crippen LogP contribution in [0.15, 0.2) is 59.5 Å². The first-order valence-corrected chi connectivity index (χ1v) is 11.0. The van der Waals surface area contributed by atoms with Crippen molar-refractivity contribution in [2.45, 2.75) is 37.5 Å². The van der Waals surface area contributed by atoms with Gasteiger partial charge in [0, 0.05) is 6.54 Å². The van der Waals surface area contributed by atoms with E-state index in [1.807, 2.05) is 0 Å². The Morgan fingerprint density at radius 2 is 1.66 bits per heavy atom. The molecule has 11 heteroatoms. The van der Waals surface area contributed by atoms with Crippen molar-refractivity contribution in [2.75, 3.05) is 13.2 Å². The number of nitrogens with zero attached hydrogens (tertiary/aromatic N) is 1. The molecule has 0 fully saturated rings. The molecule has 1 N–H and O–H groups in total. The lowest BCUT2D eigenvalue weighted by atomic mass is 10.2. The fraction of sp³-hybridized carbons (Fsp3) is 0.333. The van der Waals surface area contributed by atoms with E-state index in [9.17, 15) is 31.2 Å². The number of alkyl halides is 3. The van der Waals surface area contributed by atoms with Crippen molar-refractivity contribution < 1.29 is 35.9 Å². The summed E-state index contributed by atoms with van der Waals surface area (Å²) >= 11 is 0. The maximum Gasteiger partial charge on any atom is 0.406 e. The van der Waals surface area contributed by atoms with Gasteiger partial charge in [-0.1, -0.05) is 48.0 Å². The third-order valence-corrected chi connectivity index (χ3v) is 5.85. The van der Waals surface area contributed by atoms with Gasteiger partial charge >= 0.3 is 12.1 Å². The van der Waals surface area contributed by atoms with Crippen LogP contribution in [0.5, 0.6) is 0 Å². The molecule has 0 radical (unpaired) electrons. The molecule has 2 rings (SSSR count). The van der Waals surface area contributed by atoms with Crippen molar-refractivity contribution in [1.29, 1.82) is 0 Å². The topological polar surface area (TPSA) is 92.8 Å². The number of ether oxygens (including phenoxy) is 1. The molecule has 32 heavy (non-hydrogen) atoms. The Morgan fingerprint density at radius 3 is 2.22 bits per heavy atom. The molecule has 2 aromatic rings. The molecule has 0 bridgehead atoms. The first-order chi connectivity index (χ1) is 14.9. The number of aryl methyl sites for hydroxylation is 1. The highest BCUT2D eigenvalue weighted by Crippen LogP contribution is 2.18. The summed E-state index contributed by atoms with van der Waals surface area (Å²) in [6.45, 7) is 0.176. The van der Waals surface area contributed by atoms with E-state index < -0.39 is 47.3 Å². The first-order valence-electron chi connectivity index (χ1n) is 9.51. The molecular formula is C21H23F3N2O5S. The molecule has 0 saturated carbocycles. The first kappa shape index (κ1) is 25.3. The Hall–Kier alpha value is -2.92. The Balaban J connectivity index is 1.98. The molecule has 0 aromatic heterocycles. The fourth-order valence-corrected chi connectivity index (χ4v) is 3.86. The second kappa shape index (κ2) is 10.6. The molecule has 0 unspecified atom stereocenters. The maximum absolute atomic E-state index is 12.9. The Labute approximate surface area is 184 Å². The second-order valence-corrected chi connectivity index (χ2v) is 8.83. The minimum absolute atomic E-state index is 0.0713. The monoisotopic (exact) mass is 472 g/mol. The minimum Gasteiger partial charge on any atom is -0.454 e. The highest BCUT2D eigenvalue weighted by Gasteiger charge is 2.33. The number of carbonyl (C=O) groups is 2. The third kappa shape index (κ3) is 7.97. The molecule has 0 aliphatic heterocycles. The van der Waals surface area contributed by atoms with E-state index in [1.54, 1.807) is 49.4 Å². The van der Waals surface area contributed by atoms with E-state index in [0.29, 0.717) is 10.5 Å². The summed E-state index contributed by atoms with van der Waals surface area (Å²) in [5, 5.41) is 0. The number of amides is 1. The summed E-state index contributed by atoms with van der Waals surface area (Å²) in [6.07, 6.45) is -4.65. The van der Waals surface area contributed by atoms with Crippen LogP contribution >= 0.6 is 0 Å². The van der Waals surface area contributed by atoms with E-state index in [1.165, 1.54) is 19.1 Å². The fourth-order valence-electron chi connectivity index (χ4n) is 2.67. The molecule has 0 aliphatic rings. The van der Waals surface area contributed by atoms with Crippen molar-refractivity contribution in [3.8, 4) is 0 Å². The lowest BCUT2D eigenvalue weighted by Crippen LogP contribution is -2.43. The van der Waals surface area contributed by atoms with Crippen molar-refractivity contribution in [2.24, 2.45) is 0 Å². The lowest BCUT2D eigenvalue weighted by molar-refractivity contribution is -0.168. The number of carbonyl (C=O) groups excluding carboxylic acids is 2. The van der Waals surface area contributed by atoms with Gasteiger partial charge in [0.15, 0.2) is 6.61 Å². The number of nitrogens with one attached hydrogen (secondary N) is 1.